The number of aromatic amines is 1. The van der Waals surface area contributed by atoms with Crippen molar-refractivity contribution in [3.63, 3.8) is 0 Å². The number of H-pyrrole nitrogens is 1. The number of rotatable bonds is 4. The molecule has 1 aromatic heterocycles. The second-order valence-electron chi connectivity index (χ2n) is 4.71. The Kier molecular flexibility index (Phi) is 3.67. The van der Waals surface area contributed by atoms with Crippen molar-refractivity contribution in [2.75, 3.05) is 20.6 Å². The van der Waals surface area contributed by atoms with E-state index in [1.54, 1.807) is 19.0 Å². The van der Waals surface area contributed by atoms with Crippen LogP contribution >= 0.6 is 0 Å². The van der Waals surface area contributed by atoms with Crippen LogP contribution < -0.4 is 5.73 Å². The number of nitrogens with zero attached hydrogens (tertiary/aromatic N) is 1. The number of nitrogens with two attached hydrogens (primary N) is 1. The van der Waals surface area contributed by atoms with Crippen LogP contribution in [-0.4, -0.2) is 36.4 Å². The molecule has 1 amide bonds. The number of carbonyl (C=O) groups is 1. The summed E-state index contributed by atoms with van der Waals surface area (Å²) in [6.45, 7) is 0.474. The monoisotopic (exact) mass is 245 g/mol. The highest BCUT2D eigenvalue weighted by Crippen LogP contribution is 2.27. The predicted octanol–water partition coefficient (Wildman–Crippen LogP) is 1.69. The van der Waals surface area contributed by atoms with Crippen LogP contribution in [0.15, 0.2) is 30.5 Å². The minimum atomic E-state index is 0.0658. The highest BCUT2D eigenvalue weighted by Gasteiger charge is 2.18. The Morgan fingerprint density at radius 1 is 1.39 bits per heavy atom. The molecule has 0 saturated heterocycles. The van der Waals surface area contributed by atoms with Crippen LogP contribution in [0.25, 0.3) is 10.9 Å². The third-order valence-corrected chi connectivity index (χ3v) is 3.27. The number of hydrogen-bond donors (Lipinski definition) is 2. The van der Waals surface area contributed by atoms with Gasteiger partial charge in [0.05, 0.1) is 0 Å². The van der Waals surface area contributed by atoms with Gasteiger partial charge in [0.25, 0.3) is 0 Å². The molecule has 0 radical (unpaired) electrons. The number of carbonyl (C=O) groups excluding carboxylic acids is 1. The molecule has 0 aliphatic carbocycles. The second kappa shape index (κ2) is 5.23. The molecule has 0 bridgehead atoms. The predicted molar refractivity (Wildman–Crippen MR) is 73.4 cm³/mol. The number of para-hydroxylation sites is 1. The standard InChI is InChI=1S/C14H19N3O/c1-17(2)14(18)7-10(8-15)12-9-16-13-6-4-3-5-11(12)13/h3-6,9-10,16H,7-8,15H2,1-2H3. The summed E-state index contributed by atoms with van der Waals surface area (Å²) in [7, 11) is 3.54. The summed E-state index contributed by atoms with van der Waals surface area (Å²) in [4.78, 5) is 16.6. The summed E-state index contributed by atoms with van der Waals surface area (Å²) in [6.07, 6.45) is 2.41. The van der Waals surface area contributed by atoms with Crippen LogP contribution in [0.5, 0.6) is 0 Å². The third-order valence-electron chi connectivity index (χ3n) is 3.27. The van der Waals surface area contributed by atoms with Gasteiger partial charge in [0, 0.05) is 43.5 Å². The molecule has 3 N–H and O–H groups in total. The summed E-state index contributed by atoms with van der Waals surface area (Å²) in [5.74, 6) is 0.173. The maximum absolute atomic E-state index is 11.8. The van der Waals surface area contributed by atoms with Gasteiger partial charge in [-0.1, -0.05) is 18.2 Å². The normalized spacial score (nSPS) is 12.6. The zero-order valence-corrected chi connectivity index (χ0v) is 10.8. The lowest BCUT2D eigenvalue weighted by Gasteiger charge is -2.17. The molecular formula is C14H19N3O. The molecule has 0 aliphatic heterocycles. The molecule has 1 unspecified atom stereocenters. The Morgan fingerprint density at radius 3 is 2.78 bits per heavy atom. The first-order valence-electron chi connectivity index (χ1n) is 6.09. The van der Waals surface area contributed by atoms with E-state index in [-0.39, 0.29) is 11.8 Å². The van der Waals surface area contributed by atoms with E-state index in [0.29, 0.717) is 13.0 Å². The maximum Gasteiger partial charge on any atom is 0.222 e. The van der Waals surface area contributed by atoms with Crippen molar-refractivity contribution in [1.82, 2.24) is 9.88 Å². The molecule has 0 aliphatic rings. The molecule has 1 aromatic carbocycles. The topological polar surface area (TPSA) is 62.1 Å². The van der Waals surface area contributed by atoms with E-state index in [0.717, 1.165) is 16.5 Å². The molecule has 18 heavy (non-hydrogen) atoms. The Bertz CT molecular complexity index is 545. The zero-order chi connectivity index (χ0) is 13.1. The molecule has 1 atom stereocenters. The first kappa shape index (κ1) is 12.6. The number of aromatic nitrogens is 1. The lowest BCUT2D eigenvalue weighted by atomic mass is 9.95. The Morgan fingerprint density at radius 2 is 2.11 bits per heavy atom. The van der Waals surface area contributed by atoms with E-state index in [1.807, 2.05) is 24.4 Å². The number of amides is 1. The minimum Gasteiger partial charge on any atom is -0.361 e. The zero-order valence-electron chi connectivity index (χ0n) is 10.8. The van der Waals surface area contributed by atoms with Gasteiger partial charge in [-0.05, 0) is 18.2 Å². The van der Waals surface area contributed by atoms with Crippen molar-refractivity contribution in [2.24, 2.45) is 5.73 Å². The fourth-order valence-corrected chi connectivity index (χ4v) is 2.15. The van der Waals surface area contributed by atoms with Gasteiger partial charge >= 0.3 is 0 Å². The molecule has 2 rings (SSSR count). The van der Waals surface area contributed by atoms with E-state index in [9.17, 15) is 4.79 Å². The van der Waals surface area contributed by atoms with E-state index in [2.05, 4.69) is 11.1 Å². The first-order valence-corrected chi connectivity index (χ1v) is 6.09. The summed E-state index contributed by atoms with van der Waals surface area (Å²) in [5.41, 5.74) is 8.03. The number of benzene rings is 1. The van der Waals surface area contributed by atoms with Gasteiger partial charge in [0.15, 0.2) is 0 Å². The van der Waals surface area contributed by atoms with Crippen LogP contribution in [-0.2, 0) is 4.79 Å². The summed E-state index contributed by atoms with van der Waals surface area (Å²) in [6, 6.07) is 8.08. The first-order chi connectivity index (χ1) is 8.63. The fraction of sp³-hybridized carbons (Fsp3) is 0.357. The van der Waals surface area contributed by atoms with Crippen molar-refractivity contribution >= 4 is 16.8 Å². The van der Waals surface area contributed by atoms with Crippen molar-refractivity contribution in [3.05, 3.63) is 36.0 Å². The van der Waals surface area contributed by atoms with E-state index >= 15 is 0 Å². The lowest BCUT2D eigenvalue weighted by molar-refractivity contribution is -0.129. The smallest absolute Gasteiger partial charge is 0.222 e. The molecule has 4 nitrogen and oxygen atoms in total. The Balaban J connectivity index is 2.30. The van der Waals surface area contributed by atoms with Gasteiger partial charge in [0.1, 0.15) is 0 Å². The van der Waals surface area contributed by atoms with Crippen LogP contribution in [0.2, 0.25) is 0 Å². The molecule has 4 heteroatoms. The van der Waals surface area contributed by atoms with E-state index in [1.165, 1.54) is 0 Å². The van der Waals surface area contributed by atoms with Gasteiger partial charge in [-0.25, -0.2) is 0 Å². The average Bonchev–Trinajstić information content (AvgIpc) is 2.79. The molecule has 0 saturated carbocycles. The van der Waals surface area contributed by atoms with Crippen LogP contribution in [0.3, 0.4) is 0 Å². The molecule has 96 valence electrons. The quantitative estimate of drug-likeness (QED) is 0.861. The summed E-state index contributed by atoms with van der Waals surface area (Å²) in [5, 5.41) is 1.15. The lowest BCUT2D eigenvalue weighted by Crippen LogP contribution is -2.26. The Hall–Kier alpha value is -1.81. The Labute approximate surface area is 107 Å². The largest absolute Gasteiger partial charge is 0.361 e. The van der Waals surface area contributed by atoms with E-state index in [4.69, 9.17) is 5.73 Å². The van der Waals surface area contributed by atoms with Crippen molar-refractivity contribution in [1.29, 1.82) is 0 Å². The SMILES string of the molecule is CN(C)C(=O)CC(CN)c1c[nH]c2ccccc12. The summed E-state index contributed by atoms with van der Waals surface area (Å²) >= 11 is 0. The molecule has 0 fully saturated rings. The van der Waals surface area contributed by atoms with Crippen molar-refractivity contribution < 1.29 is 4.79 Å². The van der Waals surface area contributed by atoms with Crippen molar-refractivity contribution in [3.8, 4) is 0 Å². The van der Waals surface area contributed by atoms with Gasteiger partial charge < -0.3 is 15.6 Å². The fourth-order valence-electron chi connectivity index (χ4n) is 2.15. The number of hydrogen-bond acceptors (Lipinski definition) is 2. The molecule has 2 aromatic rings. The number of nitrogens with one attached hydrogen (secondary N) is 1. The van der Waals surface area contributed by atoms with Crippen molar-refractivity contribution in [2.45, 2.75) is 12.3 Å². The maximum atomic E-state index is 11.8. The molecule has 0 spiro atoms. The van der Waals surface area contributed by atoms with Crippen LogP contribution in [0, 0.1) is 0 Å². The van der Waals surface area contributed by atoms with Gasteiger partial charge in [-0.3, -0.25) is 4.79 Å². The average molecular weight is 245 g/mol. The van der Waals surface area contributed by atoms with Crippen LogP contribution in [0.4, 0.5) is 0 Å². The van der Waals surface area contributed by atoms with Gasteiger partial charge in [-0.15, -0.1) is 0 Å². The van der Waals surface area contributed by atoms with Gasteiger partial charge in [0.2, 0.25) is 5.91 Å². The van der Waals surface area contributed by atoms with Gasteiger partial charge in [-0.2, -0.15) is 0 Å². The minimum absolute atomic E-state index is 0.0658. The third kappa shape index (κ3) is 2.38. The molecule has 1 heterocycles. The van der Waals surface area contributed by atoms with E-state index < -0.39 is 0 Å². The van der Waals surface area contributed by atoms with Crippen LogP contribution in [0.1, 0.15) is 17.9 Å². The molecular weight excluding hydrogens is 226 g/mol. The second-order valence-corrected chi connectivity index (χ2v) is 4.71. The highest BCUT2D eigenvalue weighted by atomic mass is 16.2. The summed E-state index contributed by atoms with van der Waals surface area (Å²) < 4.78 is 0. The number of fused-ring (bicyclic) bond motifs is 1. The highest BCUT2D eigenvalue weighted by molar-refractivity contribution is 5.85.